The summed E-state index contributed by atoms with van der Waals surface area (Å²) in [5.41, 5.74) is -0.318. The first-order valence-corrected chi connectivity index (χ1v) is 13.4. The molecule has 0 atom stereocenters. The number of ether oxygens (including phenoxy) is 1. The second-order valence-electron chi connectivity index (χ2n) is 9.60. The maximum absolute atomic E-state index is 13.9. The lowest BCUT2D eigenvalue weighted by atomic mass is 9.88. The van der Waals surface area contributed by atoms with Gasteiger partial charge >= 0.3 is 5.69 Å². The summed E-state index contributed by atoms with van der Waals surface area (Å²) in [4.78, 5) is 41.9. The average Bonchev–Trinajstić information content (AvgIpc) is 2.97. The predicted molar refractivity (Wildman–Crippen MR) is 153 cm³/mol. The number of para-hydroxylation sites is 2. The zero-order valence-corrected chi connectivity index (χ0v) is 22.5. The number of carbonyl (C=O) groups excluding carboxylic acids is 1. The Hall–Kier alpha value is -4.64. The van der Waals surface area contributed by atoms with Crippen LogP contribution < -0.4 is 15.6 Å². The molecule has 5 rings (SSSR count). The molecule has 1 amide bonds. The summed E-state index contributed by atoms with van der Waals surface area (Å²) in [6, 6.07) is 15.0. The number of nitro groups is 1. The zero-order valence-electron chi connectivity index (χ0n) is 21.8. The van der Waals surface area contributed by atoms with Gasteiger partial charge in [0.1, 0.15) is 11.6 Å². The molecule has 10 nitrogen and oxygen atoms in total. The number of nitrogens with zero attached hydrogens (tertiary/aromatic N) is 4. The van der Waals surface area contributed by atoms with E-state index in [4.69, 9.17) is 21.3 Å². The third kappa shape index (κ3) is 6.25. The van der Waals surface area contributed by atoms with Gasteiger partial charge in [0.2, 0.25) is 5.75 Å². The molecular weight excluding hydrogens is 553 g/mol. The Morgan fingerprint density at radius 1 is 1.17 bits per heavy atom. The minimum Gasteiger partial charge on any atom is -0.476 e. The SMILES string of the molecule is O=C(COc1c(C=Nn2c(C3CCCCC3)nc3ccccc3c2=O)cc(Cl)cc1[N+](=O)[O-])Nc1ccccc1F. The van der Waals surface area contributed by atoms with Crippen molar-refractivity contribution < 1.29 is 18.8 Å². The van der Waals surface area contributed by atoms with Gasteiger partial charge in [-0.15, -0.1) is 0 Å². The van der Waals surface area contributed by atoms with E-state index in [9.17, 15) is 24.1 Å². The second-order valence-corrected chi connectivity index (χ2v) is 10.0. The van der Waals surface area contributed by atoms with E-state index < -0.39 is 28.9 Å². The molecule has 1 heterocycles. The first-order valence-electron chi connectivity index (χ1n) is 13.0. The van der Waals surface area contributed by atoms with E-state index in [1.165, 1.54) is 35.2 Å². The summed E-state index contributed by atoms with van der Waals surface area (Å²) >= 11 is 6.17. The monoisotopic (exact) mass is 577 g/mol. The smallest absolute Gasteiger partial charge is 0.313 e. The summed E-state index contributed by atoms with van der Waals surface area (Å²) in [5.74, 6) is -1.14. The van der Waals surface area contributed by atoms with Crippen LogP contribution in [0.25, 0.3) is 10.9 Å². The highest BCUT2D eigenvalue weighted by Gasteiger charge is 2.24. The Morgan fingerprint density at radius 3 is 2.66 bits per heavy atom. The molecule has 1 aromatic heterocycles. The molecule has 0 aliphatic heterocycles. The van der Waals surface area contributed by atoms with Gasteiger partial charge in [0.05, 0.1) is 27.7 Å². The molecule has 0 unspecified atom stereocenters. The van der Waals surface area contributed by atoms with Gasteiger partial charge < -0.3 is 10.1 Å². The Bertz CT molecular complexity index is 1720. The third-order valence-electron chi connectivity index (χ3n) is 6.82. The highest BCUT2D eigenvalue weighted by molar-refractivity contribution is 6.31. The quantitative estimate of drug-likeness (QED) is 0.154. The number of aromatic nitrogens is 2. The maximum Gasteiger partial charge on any atom is 0.313 e. The first kappa shape index (κ1) is 27.9. The van der Waals surface area contributed by atoms with Gasteiger partial charge in [0.15, 0.2) is 6.61 Å². The van der Waals surface area contributed by atoms with E-state index in [2.05, 4.69) is 10.4 Å². The number of anilines is 1. The molecule has 1 saturated carbocycles. The Balaban J connectivity index is 1.52. The van der Waals surface area contributed by atoms with Crippen LogP contribution in [0.15, 0.2) is 70.6 Å². The van der Waals surface area contributed by atoms with Crippen LogP contribution in [0.2, 0.25) is 5.02 Å². The molecule has 210 valence electrons. The Morgan fingerprint density at radius 2 is 1.90 bits per heavy atom. The Kier molecular flexibility index (Phi) is 8.34. The van der Waals surface area contributed by atoms with Crippen molar-refractivity contribution in [2.24, 2.45) is 5.10 Å². The van der Waals surface area contributed by atoms with Crippen molar-refractivity contribution in [2.75, 3.05) is 11.9 Å². The summed E-state index contributed by atoms with van der Waals surface area (Å²) in [6.45, 7) is -0.664. The number of carbonyl (C=O) groups is 1. The van der Waals surface area contributed by atoms with Gasteiger partial charge in [0, 0.05) is 22.6 Å². The number of halogens is 2. The lowest BCUT2D eigenvalue weighted by Gasteiger charge is -2.22. The molecule has 0 saturated heterocycles. The standard InChI is InChI=1S/C29H25ClFN5O5/c30-20-14-19(27(25(15-20)36(39)40)41-17-26(37)33-24-13-7-5-11-22(24)31)16-32-35-28(18-8-2-1-3-9-18)34-23-12-6-4-10-21(23)29(35)38/h4-7,10-16,18H,1-3,8-9,17H2,(H,33,37). The minimum atomic E-state index is -0.739. The van der Waals surface area contributed by atoms with Crippen LogP contribution in [-0.2, 0) is 4.79 Å². The summed E-state index contributed by atoms with van der Waals surface area (Å²) in [5, 5.41) is 19.0. The van der Waals surface area contributed by atoms with Crippen LogP contribution in [0.5, 0.6) is 5.75 Å². The molecule has 1 N–H and O–H groups in total. The summed E-state index contributed by atoms with van der Waals surface area (Å²) in [7, 11) is 0. The molecule has 1 aliphatic carbocycles. The number of benzene rings is 3. The molecule has 1 fully saturated rings. The topological polar surface area (TPSA) is 129 Å². The van der Waals surface area contributed by atoms with Gasteiger partial charge in [-0.05, 0) is 43.2 Å². The fourth-order valence-corrected chi connectivity index (χ4v) is 5.09. The van der Waals surface area contributed by atoms with Crippen LogP contribution in [0.4, 0.5) is 15.8 Å². The molecule has 4 aromatic rings. The molecule has 0 spiro atoms. The summed E-state index contributed by atoms with van der Waals surface area (Å²) in [6.07, 6.45) is 6.06. The van der Waals surface area contributed by atoms with E-state index in [0.29, 0.717) is 16.7 Å². The first-order chi connectivity index (χ1) is 19.8. The lowest BCUT2D eigenvalue weighted by Crippen LogP contribution is -2.25. The largest absolute Gasteiger partial charge is 0.476 e. The number of nitro benzene ring substituents is 1. The van der Waals surface area contributed by atoms with Crippen LogP contribution in [0.1, 0.15) is 49.4 Å². The maximum atomic E-state index is 13.9. The molecular formula is C29H25ClFN5O5. The zero-order chi connectivity index (χ0) is 28.9. The highest BCUT2D eigenvalue weighted by Crippen LogP contribution is 2.35. The number of nitrogens with one attached hydrogen (secondary N) is 1. The van der Waals surface area contributed by atoms with E-state index >= 15 is 0 Å². The van der Waals surface area contributed by atoms with Gasteiger partial charge in [0.25, 0.3) is 11.5 Å². The van der Waals surface area contributed by atoms with Crippen LogP contribution in [0, 0.1) is 15.9 Å². The van der Waals surface area contributed by atoms with E-state index in [1.54, 1.807) is 24.3 Å². The molecule has 1 aliphatic rings. The van der Waals surface area contributed by atoms with Crippen LogP contribution in [-0.4, -0.2) is 33.3 Å². The molecule has 0 radical (unpaired) electrons. The normalized spacial score (nSPS) is 13.9. The molecule has 41 heavy (non-hydrogen) atoms. The molecule has 3 aromatic carbocycles. The third-order valence-corrected chi connectivity index (χ3v) is 7.03. The van der Waals surface area contributed by atoms with Gasteiger partial charge in [-0.3, -0.25) is 19.7 Å². The lowest BCUT2D eigenvalue weighted by molar-refractivity contribution is -0.385. The van der Waals surface area contributed by atoms with Gasteiger partial charge in [-0.1, -0.05) is 55.1 Å². The predicted octanol–water partition coefficient (Wildman–Crippen LogP) is 6.04. The van der Waals surface area contributed by atoms with Crippen molar-refractivity contribution in [2.45, 2.75) is 38.0 Å². The molecule has 12 heteroatoms. The minimum absolute atomic E-state index is 0.0182. The highest BCUT2D eigenvalue weighted by atomic mass is 35.5. The second kappa shape index (κ2) is 12.3. The number of hydrogen-bond donors (Lipinski definition) is 1. The van der Waals surface area contributed by atoms with Crippen molar-refractivity contribution in [3.05, 3.63) is 103 Å². The molecule has 0 bridgehead atoms. The Labute approximate surface area is 238 Å². The van der Waals surface area contributed by atoms with E-state index in [0.717, 1.165) is 38.2 Å². The fourth-order valence-electron chi connectivity index (χ4n) is 4.87. The van der Waals surface area contributed by atoms with Crippen molar-refractivity contribution >= 4 is 46.0 Å². The number of fused-ring (bicyclic) bond motifs is 1. The number of amides is 1. The number of rotatable bonds is 8. The van der Waals surface area contributed by atoms with Crippen molar-refractivity contribution in [3.63, 3.8) is 0 Å². The average molecular weight is 578 g/mol. The van der Waals surface area contributed by atoms with E-state index in [-0.39, 0.29) is 33.5 Å². The van der Waals surface area contributed by atoms with Gasteiger partial charge in [-0.2, -0.15) is 9.78 Å². The van der Waals surface area contributed by atoms with Gasteiger partial charge in [-0.25, -0.2) is 9.37 Å². The van der Waals surface area contributed by atoms with Crippen LogP contribution in [0.3, 0.4) is 0 Å². The van der Waals surface area contributed by atoms with Crippen molar-refractivity contribution in [1.29, 1.82) is 0 Å². The summed E-state index contributed by atoms with van der Waals surface area (Å²) < 4.78 is 20.7. The number of hydrogen-bond acceptors (Lipinski definition) is 7. The van der Waals surface area contributed by atoms with Crippen molar-refractivity contribution in [3.8, 4) is 5.75 Å². The van der Waals surface area contributed by atoms with E-state index in [1.807, 2.05) is 6.07 Å². The van der Waals surface area contributed by atoms with Crippen LogP contribution >= 0.6 is 11.6 Å². The fraction of sp³-hybridized carbons (Fsp3) is 0.241. The van der Waals surface area contributed by atoms with Crippen molar-refractivity contribution in [1.82, 2.24) is 9.66 Å².